The van der Waals surface area contributed by atoms with Gasteiger partial charge in [0.15, 0.2) is 11.5 Å². The molecule has 1 aliphatic heterocycles. The van der Waals surface area contributed by atoms with Crippen LogP contribution in [0.15, 0.2) is 48.7 Å². The molecule has 4 atom stereocenters. The maximum atomic E-state index is 13.1. The van der Waals surface area contributed by atoms with Gasteiger partial charge in [0.05, 0.1) is 13.2 Å². The topological polar surface area (TPSA) is 93.2 Å². The Morgan fingerprint density at radius 1 is 1.12 bits per heavy atom. The van der Waals surface area contributed by atoms with Crippen molar-refractivity contribution in [2.45, 2.75) is 115 Å². The van der Waals surface area contributed by atoms with Crippen LogP contribution in [0.3, 0.4) is 0 Å². The van der Waals surface area contributed by atoms with E-state index in [1.165, 1.54) is 35.2 Å². The number of fused-ring (bicyclic) bond motifs is 4. The Hall–Kier alpha value is -3.49. The molecule has 3 aliphatic carbocycles. The highest BCUT2D eigenvalue weighted by atomic mass is 35.5. The highest BCUT2D eigenvalue weighted by molar-refractivity contribution is 6.30. The Bertz CT molecular complexity index is 1740. The summed E-state index contributed by atoms with van der Waals surface area (Å²) in [6.45, 7) is 13.1. The van der Waals surface area contributed by atoms with E-state index in [1.54, 1.807) is 0 Å². The second-order valence-corrected chi connectivity index (χ2v) is 16.4. The summed E-state index contributed by atoms with van der Waals surface area (Å²) in [6, 6.07) is 13.9. The number of rotatable bonds is 12. The average Bonchev–Trinajstić information content (AvgIpc) is 3.26. The van der Waals surface area contributed by atoms with Gasteiger partial charge in [0.2, 0.25) is 0 Å². The number of aryl methyl sites for hydroxylation is 1. The van der Waals surface area contributed by atoms with Crippen molar-refractivity contribution in [1.29, 1.82) is 0 Å². The number of carbonyl (C=O) groups is 1. The second kappa shape index (κ2) is 15.5. The van der Waals surface area contributed by atoms with Gasteiger partial charge >= 0.3 is 5.97 Å². The third-order valence-electron chi connectivity index (χ3n) is 12.7. The molecule has 0 amide bonds. The van der Waals surface area contributed by atoms with E-state index in [1.807, 2.05) is 36.5 Å². The first-order chi connectivity index (χ1) is 25.1. The zero-order chi connectivity index (χ0) is 36.5. The highest BCUT2D eigenvalue weighted by Crippen LogP contribution is 2.58. The monoisotopic (exact) mass is 729 g/mol. The lowest BCUT2D eigenvalue weighted by molar-refractivity contribution is -0.144. The van der Waals surface area contributed by atoms with Crippen molar-refractivity contribution in [3.05, 3.63) is 76.1 Å². The number of anilines is 1. The lowest BCUT2D eigenvalue weighted by atomic mass is 9.59. The molecule has 1 saturated carbocycles. The molecule has 1 fully saturated rings. The summed E-state index contributed by atoms with van der Waals surface area (Å²) >= 11 is 6.32. The number of likely N-dealkylation sites (N-methyl/N-ethyl adjacent to an activating group) is 1. The van der Waals surface area contributed by atoms with Crippen LogP contribution in [0.4, 0.5) is 5.69 Å². The van der Waals surface area contributed by atoms with Crippen LogP contribution in [0.1, 0.15) is 107 Å². The Balaban J connectivity index is 1.16. The molecule has 1 aromatic heterocycles. The van der Waals surface area contributed by atoms with Gasteiger partial charge in [0.1, 0.15) is 17.4 Å². The number of carboxylic acids is 1. The van der Waals surface area contributed by atoms with Gasteiger partial charge in [0, 0.05) is 41.1 Å². The molecule has 1 spiro atoms. The van der Waals surface area contributed by atoms with Crippen molar-refractivity contribution in [2.24, 2.45) is 11.8 Å². The number of nitrogens with zero attached hydrogens (tertiary/aromatic N) is 2. The van der Waals surface area contributed by atoms with Gasteiger partial charge in [-0.15, -0.1) is 0 Å². The number of carboxylic acid groups (broad SMARTS) is 1. The summed E-state index contributed by atoms with van der Waals surface area (Å²) in [6.07, 6.45) is 10.6. The molecule has 8 nitrogen and oxygen atoms in total. The normalized spacial score (nSPS) is 27.1. The maximum absolute atomic E-state index is 13.1. The molecule has 2 heterocycles. The molecule has 7 rings (SSSR count). The fourth-order valence-electron chi connectivity index (χ4n) is 9.76. The number of benzene rings is 2. The van der Waals surface area contributed by atoms with Gasteiger partial charge in [-0.25, -0.2) is 4.79 Å². The fraction of sp³-hybridized carbons (Fsp3) is 0.581. The molecule has 2 aromatic carbocycles. The van der Waals surface area contributed by atoms with Crippen LogP contribution in [0.2, 0.25) is 5.02 Å². The Morgan fingerprint density at radius 2 is 1.92 bits per heavy atom. The van der Waals surface area contributed by atoms with Gasteiger partial charge in [-0.3, -0.25) is 4.98 Å². The molecule has 0 saturated heterocycles. The molecule has 0 bridgehead atoms. The summed E-state index contributed by atoms with van der Waals surface area (Å²) in [5, 5.41) is 14.7. The van der Waals surface area contributed by atoms with Gasteiger partial charge in [-0.05, 0) is 142 Å². The number of nitrogens with one attached hydrogen (secondary N) is 1. The van der Waals surface area contributed by atoms with Crippen LogP contribution in [0.5, 0.6) is 17.2 Å². The number of aliphatic carboxylic acids is 1. The van der Waals surface area contributed by atoms with Crippen LogP contribution in [0, 0.1) is 11.8 Å². The van der Waals surface area contributed by atoms with Crippen molar-refractivity contribution in [3.63, 3.8) is 0 Å². The maximum Gasteiger partial charge on any atom is 0.329 e. The van der Waals surface area contributed by atoms with Gasteiger partial charge < -0.3 is 29.5 Å². The molecule has 4 aliphatic rings. The van der Waals surface area contributed by atoms with E-state index < -0.39 is 11.5 Å². The third-order valence-corrected chi connectivity index (χ3v) is 12.9. The van der Waals surface area contributed by atoms with Crippen LogP contribution in [-0.2, 0) is 23.1 Å². The first kappa shape index (κ1) is 36.9. The predicted molar refractivity (Wildman–Crippen MR) is 206 cm³/mol. The van der Waals surface area contributed by atoms with Crippen LogP contribution >= 0.6 is 11.6 Å². The molecular weight excluding hydrogens is 674 g/mol. The Kier molecular flexibility index (Phi) is 11.0. The zero-order valence-corrected chi connectivity index (χ0v) is 32.1. The van der Waals surface area contributed by atoms with E-state index in [9.17, 15) is 9.90 Å². The molecule has 2 N–H and O–H groups in total. The average molecular weight is 730 g/mol. The molecule has 2 unspecified atom stereocenters. The minimum absolute atomic E-state index is 0.0547. The first-order valence-electron chi connectivity index (χ1n) is 19.7. The minimum atomic E-state index is -1.07. The minimum Gasteiger partial charge on any atom is -0.493 e. The molecule has 52 heavy (non-hydrogen) atoms. The Morgan fingerprint density at radius 3 is 2.67 bits per heavy atom. The third kappa shape index (κ3) is 7.35. The highest BCUT2D eigenvalue weighted by Gasteiger charge is 2.54. The fourth-order valence-corrected chi connectivity index (χ4v) is 9.95. The number of pyridine rings is 1. The molecule has 3 aromatic rings. The number of halogens is 1. The van der Waals surface area contributed by atoms with E-state index in [4.69, 9.17) is 25.8 Å². The lowest BCUT2D eigenvalue weighted by Crippen LogP contribution is -2.53. The van der Waals surface area contributed by atoms with E-state index in [0.717, 1.165) is 81.1 Å². The van der Waals surface area contributed by atoms with Crippen molar-refractivity contribution in [3.8, 4) is 17.2 Å². The summed E-state index contributed by atoms with van der Waals surface area (Å²) in [4.78, 5) is 20.2. The van der Waals surface area contributed by atoms with E-state index in [2.05, 4.69) is 55.0 Å². The number of hydrogen-bond acceptors (Lipinski definition) is 7. The summed E-state index contributed by atoms with van der Waals surface area (Å²) in [5.41, 5.74) is 4.59. The predicted octanol–water partition coefficient (Wildman–Crippen LogP) is 9.07. The van der Waals surface area contributed by atoms with E-state index >= 15 is 0 Å². The first-order valence-corrected chi connectivity index (χ1v) is 20.1. The van der Waals surface area contributed by atoms with Crippen LogP contribution in [-0.4, -0.2) is 65.5 Å². The number of hydrogen-bond donors (Lipinski definition) is 2. The summed E-state index contributed by atoms with van der Waals surface area (Å²) in [5.74, 6) is 2.93. The quantitative estimate of drug-likeness (QED) is 0.191. The summed E-state index contributed by atoms with van der Waals surface area (Å²) < 4.78 is 19.7. The van der Waals surface area contributed by atoms with Crippen molar-refractivity contribution >= 4 is 23.3 Å². The molecule has 280 valence electrons. The standard InChI is InChI=1S/C43H56ClN3O5/c1-5-47(6-2)26-34-14-20-50-38-23-30-22-31(21-28(3)27-51-37-13-19-45-36-12-7-9-29(4)40(36)37)42(35(30)25-39(38)52-34)15-17-43(18-16-42,41(48)49)46-33-11-8-10-32(44)24-33/h8,10-11,13,19,23-25,28-29,31,34,46H,5-7,9,12,14-18,20-22,26-27H2,1-4H3,(H,48,49)/t28-,29-,31?,34?,42?,43?/m1/s1. The van der Waals surface area contributed by atoms with E-state index in [-0.39, 0.29) is 11.5 Å². The van der Waals surface area contributed by atoms with Gasteiger partial charge in [0.25, 0.3) is 0 Å². The second-order valence-electron chi connectivity index (χ2n) is 16.0. The number of aromatic nitrogens is 1. The summed E-state index contributed by atoms with van der Waals surface area (Å²) in [7, 11) is 0. The van der Waals surface area contributed by atoms with Crippen LogP contribution in [0.25, 0.3) is 0 Å². The van der Waals surface area contributed by atoms with Crippen molar-refractivity contribution in [2.75, 3.05) is 38.2 Å². The smallest absolute Gasteiger partial charge is 0.329 e. The largest absolute Gasteiger partial charge is 0.493 e. The van der Waals surface area contributed by atoms with Crippen LogP contribution < -0.4 is 19.5 Å². The Labute approximate surface area is 314 Å². The van der Waals surface area contributed by atoms with Gasteiger partial charge in [-0.2, -0.15) is 0 Å². The molecule has 0 radical (unpaired) electrons. The lowest BCUT2D eigenvalue weighted by Gasteiger charge is -2.47. The molecular formula is C43H56ClN3O5. The van der Waals surface area contributed by atoms with Crippen molar-refractivity contribution < 1.29 is 24.1 Å². The van der Waals surface area contributed by atoms with Crippen molar-refractivity contribution in [1.82, 2.24) is 9.88 Å². The molecule has 9 heteroatoms. The van der Waals surface area contributed by atoms with E-state index in [0.29, 0.717) is 48.8 Å². The SMILES string of the molecule is CCN(CC)CC1CCOc2cc3c(cc2O1)C1(CCC(Nc2cccc(Cl)c2)(C(=O)O)CC1)C(C[C@@H](C)COc1ccnc2c1[C@H](C)CCC2)C3. The van der Waals surface area contributed by atoms with Gasteiger partial charge in [-0.1, -0.05) is 45.4 Å². The zero-order valence-electron chi connectivity index (χ0n) is 31.4. The number of ether oxygens (including phenoxy) is 3.